The maximum atomic E-state index is 12.3. The summed E-state index contributed by atoms with van der Waals surface area (Å²) in [5, 5.41) is 14.9. The Morgan fingerprint density at radius 3 is 2.53 bits per heavy atom. The van der Waals surface area contributed by atoms with Gasteiger partial charge in [-0.3, -0.25) is 14.9 Å². The standard InChI is InChI=1S/C13H13N3O3/c1-8-5-4-6-11(7-8)13(17)15-10(3)12(16(18)19)9(2)14-15/h4-7H,1-3H3. The van der Waals surface area contributed by atoms with Crippen LogP contribution in [0.1, 0.15) is 27.3 Å². The Hall–Kier alpha value is -2.50. The van der Waals surface area contributed by atoms with Crippen LogP contribution < -0.4 is 0 Å². The zero-order chi connectivity index (χ0) is 14.2. The zero-order valence-electron chi connectivity index (χ0n) is 10.9. The molecule has 0 saturated carbocycles. The molecule has 0 aliphatic rings. The van der Waals surface area contributed by atoms with Crippen LogP contribution in [0.15, 0.2) is 24.3 Å². The molecule has 0 atom stereocenters. The first-order chi connectivity index (χ1) is 8.91. The summed E-state index contributed by atoms with van der Waals surface area (Å²) in [6, 6.07) is 7.03. The summed E-state index contributed by atoms with van der Waals surface area (Å²) < 4.78 is 1.09. The molecule has 6 heteroatoms. The second kappa shape index (κ2) is 4.64. The molecule has 0 fully saturated rings. The summed E-state index contributed by atoms with van der Waals surface area (Å²) in [4.78, 5) is 22.7. The minimum Gasteiger partial charge on any atom is -0.267 e. The molecule has 1 aromatic heterocycles. The van der Waals surface area contributed by atoms with Crippen LogP contribution in [0.5, 0.6) is 0 Å². The van der Waals surface area contributed by atoms with Crippen LogP contribution in [0.3, 0.4) is 0 Å². The lowest BCUT2D eigenvalue weighted by Crippen LogP contribution is -2.15. The molecule has 19 heavy (non-hydrogen) atoms. The van der Waals surface area contributed by atoms with Crippen molar-refractivity contribution in [1.82, 2.24) is 9.78 Å². The van der Waals surface area contributed by atoms with Gasteiger partial charge in [0.15, 0.2) is 0 Å². The summed E-state index contributed by atoms with van der Waals surface area (Å²) in [6.07, 6.45) is 0. The van der Waals surface area contributed by atoms with Crippen molar-refractivity contribution in [3.63, 3.8) is 0 Å². The molecule has 1 aromatic carbocycles. The average molecular weight is 259 g/mol. The fraction of sp³-hybridized carbons (Fsp3) is 0.231. The van der Waals surface area contributed by atoms with Crippen LogP contribution in [0.2, 0.25) is 0 Å². The van der Waals surface area contributed by atoms with Crippen LogP contribution in [-0.2, 0) is 0 Å². The van der Waals surface area contributed by atoms with E-state index in [0.717, 1.165) is 10.2 Å². The van der Waals surface area contributed by atoms with E-state index in [-0.39, 0.29) is 23.0 Å². The number of hydrogen-bond acceptors (Lipinski definition) is 4. The van der Waals surface area contributed by atoms with Gasteiger partial charge < -0.3 is 0 Å². The van der Waals surface area contributed by atoms with Gasteiger partial charge in [0.25, 0.3) is 5.91 Å². The van der Waals surface area contributed by atoms with Crippen LogP contribution >= 0.6 is 0 Å². The summed E-state index contributed by atoms with van der Waals surface area (Å²) in [7, 11) is 0. The largest absolute Gasteiger partial charge is 0.313 e. The average Bonchev–Trinajstić information content (AvgIpc) is 2.63. The molecule has 98 valence electrons. The van der Waals surface area contributed by atoms with E-state index in [0.29, 0.717) is 5.56 Å². The van der Waals surface area contributed by atoms with E-state index >= 15 is 0 Å². The fourth-order valence-electron chi connectivity index (χ4n) is 2.00. The Labute approximate surface area is 109 Å². The highest BCUT2D eigenvalue weighted by Crippen LogP contribution is 2.22. The lowest BCUT2D eigenvalue weighted by Gasteiger charge is -2.03. The van der Waals surface area contributed by atoms with Crippen LogP contribution in [0, 0.1) is 30.9 Å². The Bertz CT molecular complexity index is 674. The maximum Gasteiger partial charge on any atom is 0.313 e. The molecule has 1 heterocycles. The molecule has 2 rings (SSSR count). The van der Waals surface area contributed by atoms with Crippen molar-refractivity contribution in [2.75, 3.05) is 0 Å². The van der Waals surface area contributed by atoms with Crippen molar-refractivity contribution in [2.45, 2.75) is 20.8 Å². The van der Waals surface area contributed by atoms with Gasteiger partial charge in [-0.25, -0.2) is 0 Å². The van der Waals surface area contributed by atoms with Crippen molar-refractivity contribution in [2.24, 2.45) is 0 Å². The van der Waals surface area contributed by atoms with E-state index in [1.54, 1.807) is 18.2 Å². The minimum atomic E-state index is -0.516. The monoisotopic (exact) mass is 259 g/mol. The van der Waals surface area contributed by atoms with Crippen LogP contribution in [0.25, 0.3) is 0 Å². The topological polar surface area (TPSA) is 78.0 Å². The molecule has 0 amide bonds. The molecule has 0 saturated heterocycles. The number of benzene rings is 1. The van der Waals surface area contributed by atoms with Gasteiger partial charge in [0.05, 0.1) is 4.92 Å². The van der Waals surface area contributed by atoms with Crippen molar-refractivity contribution in [3.8, 4) is 0 Å². The molecule has 0 bridgehead atoms. The molecule has 0 N–H and O–H groups in total. The normalized spacial score (nSPS) is 10.5. The molecule has 0 spiro atoms. The summed E-state index contributed by atoms with van der Waals surface area (Å²) in [5.74, 6) is -0.364. The Kier molecular flexibility index (Phi) is 3.16. The number of nitro groups is 1. The van der Waals surface area contributed by atoms with Gasteiger partial charge in [0, 0.05) is 5.56 Å². The van der Waals surface area contributed by atoms with Crippen LogP contribution in [0.4, 0.5) is 5.69 Å². The SMILES string of the molecule is Cc1cccc(C(=O)n2nc(C)c([N+](=O)[O-])c2C)c1. The molecule has 0 aliphatic carbocycles. The Balaban J connectivity index is 2.51. The van der Waals surface area contributed by atoms with E-state index < -0.39 is 4.92 Å². The molecule has 2 aromatic rings. The summed E-state index contributed by atoms with van der Waals surface area (Å²) in [6.45, 7) is 4.91. The lowest BCUT2D eigenvalue weighted by atomic mass is 10.1. The highest BCUT2D eigenvalue weighted by atomic mass is 16.6. The Morgan fingerprint density at radius 1 is 1.32 bits per heavy atom. The first kappa shape index (κ1) is 12.9. The maximum absolute atomic E-state index is 12.3. The number of aryl methyl sites for hydroxylation is 2. The number of hydrogen-bond donors (Lipinski definition) is 0. The Morgan fingerprint density at radius 2 is 2.00 bits per heavy atom. The molecule has 0 unspecified atom stereocenters. The highest BCUT2D eigenvalue weighted by molar-refractivity contribution is 5.96. The van der Waals surface area contributed by atoms with Gasteiger partial charge in [-0.2, -0.15) is 9.78 Å². The lowest BCUT2D eigenvalue weighted by molar-refractivity contribution is -0.386. The predicted molar refractivity (Wildman–Crippen MR) is 69.3 cm³/mol. The quantitative estimate of drug-likeness (QED) is 0.612. The van der Waals surface area contributed by atoms with Gasteiger partial charge >= 0.3 is 5.69 Å². The molecule has 0 radical (unpaired) electrons. The smallest absolute Gasteiger partial charge is 0.267 e. The third-order valence-corrected chi connectivity index (χ3v) is 2.89. The first-order valence-corrected chi connectivity index (χ1v) is 5.74. The van der Waals surface area contributed by atoms with Crippen molar-refractivity contribution in [1.29, 1.82) is 0 Å². The van der Waals surface area contributed by atoms with Crippen molar-refractivity contribution in [3.05, 3.63) is 56.9 Å². The second-order valence-electron chi connectivity index (χ2n) is 4.36. The van der Waals surface area contributed by atoms with Gasteiger partial charge in [-0.15, -0.1) is 0 Å². The molecular formula is C13H13N3O3. The summed E-state index contributed by atoms with van der Waals surface area (Å²) >= 11 is 0. The van der Waals surface area contributed by atoms with E-state index in [2.05, 4.69) is 5.10 Å². The molecule has 0 aliphatic heterocycles. The van der Waals surface area contributed by atoms with Gasteiger partial charge in [-0.05, 0) is 32.9 Å². The van der Waals surface area contributed by atoms with E-state index in [9.17, 15) is 14.9 Å². The molecule has 6 nitrogen and oxygen atoms in total. The molecular weight excluding hydrogens is 246 g/mol. The van der Waals surface area contributed by atoms with Gasteiger partial charge in [0.2, 0.25) is 0 Å². The first-order valence-electron chi connectivity index (χ1n) is 5.74. The highest BCUT2D eigenvalue weighted by Gasteiger charge is 2.25. The van der Waals surface area contributed by atoms with Crippen molar-refractivity contribution < 1.29 is 9.72 Å². The number of nitrogens with zero attached hydrogens (tertiary/aromatic N) is 3. The van der Waals surface area contributed by atoms with Crippen LogP contribution in [-0.4, -0.2) is 20.6 Å². The number of rotatable bonds is 2. The second-order valence-corrected chi connectivity index (χ2v) is 4.36. The number of carbonyl (C=O) groups excluding carboxylic acids is 1. The van der Waals surface area contributed by atoms with E-state index in [1.807, 2.05) is 13.0 Å². The third kappa shape index (κ3) is 2.24. The number of aromatic nitrogens is 2. The van der Waals surface area contributed by atoms with Gasteiger partial charge in [-0.1, -0.05) is 17.7 Å². The van der Waals surface area contributed by atoms with Crippen molar-refractivity contribution >= 4 is 11.6 Å². The third-order valence-electron chi connectivity index (χ3n) is 2.89. The number of carbonyl (C=O) groups is 1. The zero-order valence-corrected chi connectivity index (χ0v) is 10.9. The van der Waals surface area contributed by atoms with Gasteiger partial charge in [0.1, 0.15) is 11.4 Å². The van der Waals surface area contributed by atoms with E-state index in [4.69, 9.17) is 0 Å². The fourth-order valence-corrected chi connectivity index (χ4v) is 2.00. The summed E-state index contributed by atoms with van der Waals surface area (Å²) in [5.41, 5.74) is 1.78. The minimum absolute atomic E-state index is 0.110. The predicted octanol–water partition coefficient (Wildman–Crippen LogP) is 2.41. The van der Waals surface area contributed by atoms with E-state index in [1.165, 1.54) is 13.8 Å².